The van der Waals surface area contributed by atoms with Gasteiger partial charge in [0.1, 0.15) is 18.5 Å². The molecule has 0 spiro atoms. The highest BCUT2D eigenvalue weighted by molar-refractivity contribution is 5.39. The lowest BCUT2D eigenvalue weighted by Gasteiger charge is -2.17. The van der Waals surface area contributed by atoms with Crippen molar-refractivity contribution in [2.24, 2.45) is 0 Å². The maximum atomic E-state index is 10.5. The first-order chi connectivity index (χ1) is 11.2. The van der Waals surface area contributed by atoms with Gasteiger partial charge in [-0.25, -0.2) is 0 Å². The Bertz CT molecular complexity index is 621. The zero-order valence-corrected chi connectivity index (χ0v) is 13.7. The molecule has 0 amide bonds. The van der Waals surface area contributed by atoms with E-state index in [1.165, 1.54) is 25.9 Å². The van der Waals surface area contributed by atoms with Gasteiger partial charge >= 0.3 is 0 Å². The molecule has 0 saturated carbocycles. The average Bonchev–Trinajstić information content (AvgIpc) is 3.10. The Morgan fingerprint density at radius 1 is 1.04 bits per heavy atom. The largest absolute Gasteiger partial charge is 0.492 e. The summed E-state index contributed by atoms with van der Waals surface area (Å²) in [5, 5.41) is 10.5. The number of aryl methyl sites for hydroxylation is 1. The van der Waals surface area contributed by atoms with Gasteiger partial charge in [0, 0.05) is 6.54 Å². The van der Waals surface area contributed by atoms with Gasteiger partial charge in [-0.1, -0.05) is 36.4 Å². The number of likely N-dealkylation sites (tertiary alicyclic amines) is 1. The fourth-order valence-corrected chi connectivity index (χ4v) is 3.12. The summed E-state index contributed by atoms with van der Waals surface area (Å²) in [5.41, 5.74) is 2.88. The molecule has 122 valence electrons. The van der Waals surface area contributed by atoms with E-state index >= 15 is 0 Å². The van der Waals surface area contributed by atoms with E-state index in [2.05, 4.69) is 4.90 Å². The Morgan fingerprint density at radius 2 is 1.78 bits per heavy atom. The monoisotopic (exact) mass is 311 g/mol. The summed E-state index contributed by atoms with van der Waals surface area (Å²) in [6, 6.07) is 15.7. The summed E-state index contributed by atoms with van der Waals surface area (Å²) in [5.74, 6) is 0.910. The van der Waals surface area contributed by atoms with Crippen molar-refractivity contribution < 1.29 is 9.84 Å². The minimum Gasteiger partial charge on any atom is -0.492 e. The van der Waals surface area contributed by atoms with Crippen LogP contribution in [0.3, 0.4) is 0 Å². The molecule has 1 fully saturated rings. The second-order valence-electron chi connectivity index (χ2n) is 6.24. The molecule has 1 N–H and O–H groups in total. The first kappa shape index (κ1) is 16.0. The summed E-state index contributed by atoms with van der Waals surface area (Å²) >= 11 is 0. The molecule has 1 atom stereocenters. The van der Waals surface area contributed by atoms with Gasteiger partial charge in [-0.2, -0.15) is 0 Å². The highest BCUT2D eigenvalue weighted by Crippen LogP contribution is 2.26. The van der Waals surface area contributed by atoms with Crippen LogP contribution in [0.25, 0.3) is 0 Å². The molecule has 2 aromatic rings. The summed E-state index contributed by atoms with van der Waals surface area (Å²) < 4.78 is 5.92. The minimum absolute atomic E-state index is 0.589. The van der Waals surface area contributed by atoms with Gasteiger partial charge in [-0.05, 0) is 61.7 Å². The lowest BCUT2D eigenvalue weighted by atomic mass is 10.00. The quantitative estimate of drug-likeness (QED) is 0.885. The molecule has 0 aromatic heterocycles. The number of aliphatic hydroxyl groups excluding tert-OH is 1. The van der Waals surface area contributed by atoms with E-state index < -0.39 is 6.10 Å². The number of benzene rings is 2. The van der Waals surface area contributed by atoms with E-state index in [9.17, 15) is 5.11 Å². The van der Waals surface area contributed by atoms with E-state index in [1.54, 1.807) is 0 Å². The third kappa shape index (κ3) is 4.12. The molecule has 0 radical (unpaired) electrons. The Kier molecular flexibility index (Phi) is 5.31. The van der Waals surface area contributed by atoms with Gasteiger partial charge in [0.05, 0.1) is 0 Å². The second kappa shape index (κ2) is 7.62. The van der Waals surface area contributed by atoms with Crippen LogP contribution in [0.2, 0.25) is 0 Å². The molecular weight excluding hydrogens is 286 g/mol. The number of hydrogen-bond donors (Lipinski definition) is 1. The fraction of sp³-hybridized carbons (Fsp3) is 0.400. The predicted octanol–water partition coefficient (Wildman–Crippen LogP) is 3.55. The van der Waals surface area contributed by atoms with E-state index in [0.29, 0.717) is 0 Å². The maximum Gasteiger partial charge on any atom is 0.122 e. The summed E-state index contributed by atoms with van der Waals surface area (Å²) in [4.78, 5) is 2.45. The molecule has 1 unspecified atom stereocenters. The highest BCUT2D eigenvalue weighted by atomic mass is 16.5. The van der Waals surface area contributed by atoms with Crippen molar-refractivity contribution in [2.75, 3.05) is 26.2 Å². The van der Waals surface area contributed by atoms with Crippen LogP contribution in [-0.2, 0) is 0 Å². The Labute approximate surface area is 138 Å². The molecular formula is C20H25NO2. The maximum absolute atomic E-state index is 10.5. The summed E-state index contributed by atoms with van der Waals surface area (Å²) in [6.07, 6.45) is 2.03. The van der Waals surface area contributed by atoms with Crippen LogP contribution in [0, 0.1) is 6.92 Å². The lowest BCUT2D eigenvalue weighted by Crippen LogP contribution is -2.25. The van der Waals surface area contributed by atoms with Crippen LogP contribution >= 0.6 is 0 Å². The average molecular weight is 311 g/mol. The van der Waals surface area contributed by atoms with E-state index in [-0.39, 0.29) is 0 Å². The first-order valence-electron chi connectivity index (χ1n) is 8.43. The molecule has 0 bridgehead atoms. The van der Waals surface area contributed by atoms with Crippen LogP contribution in [0.15, 0.2) is 48.5 Å². The van der Waals surface area contributed by atoms with Crippen molar-refractivity contribution in [1.29, 1.82) is 0 Å². The number of ether oxygens (including phenoxy) is 1. The lowest BCUT2D eigenvalue weighted by molar-refractivity contribution is 0.219. The molecule has 3 heteroatoms. The van der Waals surface area contributed by atoms with Crippen LogP contribution < -0.4 is 4.74 Å². The molecule has 1 aliphatic rings. The predicted molar refractivity (Wildman–Crippen MR) is 92.9 cm³/mol. The topological polar surface area (TPSA) is 32.7 Å². The van der Waals surface area contributed by atoms with E-state index in [0.717, 1.165) is 35.6 Å². The molecule has 3 rings (SSSR count). The van der Waals surface area contributed by atoms with Gasteiger partial charge in [0.15, 0.2) is 0 Å². The zero-order valence-electron chi connectivity index (χ0n) is 13.7. The normalized spacial score (nSPS) is 16.4. The standard InChI is InChI=1S/C20H25NO2/c1-16-15-18(20(22)17-7-3-2-4-8-17)9-10-19(16)23-14-13-21-11-5-6-12-21/h2-4,7-10,15,20,22H,5-6,11-14H2,1H3. The Balaban J connectivity index is 1.61. The first-order valence-corrected chi connectivity index (χ1v) is 8.43. The molecule has 1 saturated heterocycles. The van der Waals surface area contributed by atoms with Gasteiger partial charge in [-0.3, -0.25) is 4.90 Å². The molecule has 0 aliphatic carbocycles. The Hall–Kier alpha value is -1.84. The van der Waals surface area contributed by atoms with Crippen molar-refractivity contribution in [3.8, 4) is 5.75 Å². The van der Waals surface area contributed by atoms with Gasteiger partial charge in [0.25, 0.3) is 0 Å². The number of aliphatic hydroxyl groups is 1. The molecule has 3 nitrogen and oxygen atoms in total. The number of nitrogens with zero attached hydrogens (tertiary/aromatic N) is 1. The smallest absolute Gasteiger partial charge is 0.122 e. The van der Waals surface area contributed by atoms with Gasteiger partial charge in [-0.15, -0.1) is 0 Å². The van der Waals surface area contributed by atoms with Crippen LogP contribution in [0.1, 0.15) is 35.6 Å². The van der Waals surface area contributed by atoms with E-state index in [4.69, 9.17) is 4.74 Å². The van der Waals surface area contributed by atoms with Crippen molar-refractivity contribution in [3.63, 3.8) is 0 Å². The molecule has 1 aliphatic heterocycles. The molecule has 1 heterocycles. The van der Waals surface area contributed by atoms with Gasteiger partial charge < -0.3 is 9.84 Å². The third-order valence-corrected chi connectivity index (χ3v) is 4.49. The summed E-state index contributed by atoms with van der Waals surface area (Å²) in [6.45, 7) is 6.15. The molecule has 2 aromatic carbocycles. The third-order valence-electron chi connectivity index (χ3n) is 4.49. The second-order valence-corrected chi connectivity index (χ2v) is 6.24. The number of rotatable bonds is 6. The van der Waals surface area contributed by atoms with Crippen molar-refractivity contribution in [3.05, 3.63) is 65.2 Å². The van der Waals surface area contributed by atoms with Crippen molar-refractivity contribution >= 4 is 0 Å². The summed E-state index contributed by atoms with van der Waals surface area (Å²) in [7, 11) is 0. The van der Waals surface area contributed by atoms with E-state index in [1.807, 2.05) is 55.5 Å². The van der Waals surface area contributed by atoms with Gasteiger partial charge in [0.2, 0.25) is 0 Å². The fourth-order valence-electron chi connectivity index (χ4n) is 3.12. The highest BCUT2D eigenvalue weighted by Gasteiger charge is 2.13. The van der Waals surface area contributed by atoms with Crippen LogP contribution in [0.5, 0.6) is 5.75 Å². The van der Waals surface area contributed by atoms with Crippen LogP contribution in [0.4, 0.5) is 0 Å². The van der Waals surface area contributed by atoms with Crippen LogP contribution in [-0.4, -0.2) is 36.2 Å². The van der Waals surface area contributed by atoms with Crippen molar-refractivity contribution in [1.82, 2.24) is 4.90 Å². The Morgan fingerprint density at radius 3 is 2.48 bits per heavy atom. The SMILES string of the molecule is Cc1cc(C(O)c2ccccc2)ccc1OCCN1CCCC1. The zero-order chi connectivity index (χ0) is 16.1. The minimum atomic E-state index is -0.589. The number of hydrogen-bond acceptors (Lipinski definition) is 3. The molecule has 23 heavy (non-hydrogen) atoms. The van der Waals surface area contributed by atoms with Crippen molar-refractivity contribution in [2.45, 2.75) is 25.9 Å².